The molecule has 0 aromatic carbocycles. The van der Waals surface area contributed by atoms with Crippen molar-refractivity contribution in [2.45, 2.75) is 64.8 Å². The fraction of sp³-hybridized carbons (Fsp3) is 1.00. The summed E-state index contributed by atoms with van der Waals surface area (Å²) in [7, 11) is 0. The molecule has 2 rings (SSSR count). The van der Waals surface area contributed by atoms with Gasteiger partial charge in [0.25, 0.3) is 0 Å². The lowest BCUT2D eigenvalue weighted by Gasteiger charge is -2.35. The lowest BCUT2D eigenvalue weighted by Crippen LogP contribution is -2.39. The predicted molar refractivity (Wildman–Crippen MR) is 73.9 cm³/mol. The van der Waals surface area contributed by atoms with Crippen LogP contribution < -0.4 is 11.1 Å². The minimum absolute atomic E-state index is 0.601. The minimum Gasteiger partial charge on any atom is -0.330 e. The average molecular weight is 238 g/mol. The van der Waals surface area contributed by atoms with E-state index >= 15 is 0 Å². The molecular weight excluding hydrogens is 208 g/mol. The molecule has 0 aromatic rings. The van der Waals surface area contributed by atoms with Gasteiger partial charge >= 0.3 is 0 Å². The van der Waals surface area contributed by atoms with Crippen molar-refractivity contribution in [3.8, 4) is 0 Å². The molecule has 0 heterocycles. The molecule has 0 radical (unpaired) electrons. The van der Waals surface area contributed by atoms with Crippen LogP contribution in [0.5, 0.6) is 0 Å². The summed E-state index contributed by atoms with van der Waals surface area (Å²) in [5, 5.41) is 3.80. The van der Waals surface area contributed by atoms with E-state index in [1.165, 1.54) is 51.5 Å². The van der Waals surface area contributed by atoms with E-state index in [-0.39, 0.29) is 0 Å². The van der Waals surface area contributed by atoms with Gasteiger partial charge in [-0.1, -0.05) is 20.3 Å². The number of hydrogen-bond acceptors (Lipinski definition) is 2. The lowest BCUT2D eigenvalue weighted by molar-refractivity contribution is 0.184. The van der Waals surface area contributed by atoms with Gasteiger partial charge in [0.1, 0.15) is 0 Å². The van der Waals surface area contributed by atoms with Crippen LogP contribution in [0.4, 0.5) is 0 Å². The van der Waals surface area contributed by atoms with Gasteiger partial charge in [-0.05, 0) is 68.9 Å². The van der Waals surface area contributed by atoms with Crippen molar-refractivity contribution >= 4 is 0 Å². The minimum atomic E-state index is 0.601. The van der Waals surface area contributed by atoms with Crippen molar-refractivity contribution in [1.82, 2.24) is 5.32 Å². The fourth-order valence-corrected chi connectivity index (χ4v) is 3.57. The summed E-state index contributed by atoms with van der Waals surface area (Å²) in [6.07, 6.45) is 9.71. The second-order valence-corrected chi connectivity index (χ2v) is 7.05. The Kier molecular flexibility index (Phi) is 4.48. The Bertz CT molecular complexity index is 227. The van der Waals surface area contributed by atoms with Gasteiger partial charge < -0.3 is 11.1 Å². The Balaban J connectivity index is 1.69. The molecule has 0 bridgehead atoms. The largest absolute Gasteiger partial charge is 0.330 e. The van der Waals surface area contributed by atoms with Gasteiger partial charge in [-0.3, -0.25) is 0 Å². The highest BCUT2D eigenvalue weighted by atomic mass is 14.9. The van der Waals surface area contributed by atoms with Gasteiger partial charge in [0.05, 0.1) is 0 Å². The van der Waals surface area contributed by atoms with Crippen LogP contribution in [0.25, 0.3) is 0 Å². The zero-order valence-corrected chi connectivity index (χ0v) is 11.7. The standard InChI is InChI=1S/C15H30N2/c1-15(2)8-6-12(7-9-15)11-17-14-5-3-4-13(14)10-16/h12-14,17H,3-11,16H2,1-2H3. The third-order valence-corrected chi connectivity index (χ3v) is 5.09. The van der Waals surface area contributed by atoms with Crippen LogP contribution in [0, 0.1) is 17.3 Å². The van der Waals surface area contributed by atoms with Crippen LogP contribution >= 0.6 is 0 Å². The normalized spacial score (nSPS) is 34.1. The number of hydrogen-bond donors (Lipinski definition) is 2. The molecule has 2 heteroatoms. The zero-order chi connectivity index (χ0) is 12.3. The first-order valence-electron chi connectivity index (χ1n) is 7.54. The molecule has 2 aliphatic rings. The highest BCUT2D eigenvalue weighted by Gasteiger charge is 2.29. The SMILES string of the molecule is CC1(C)CCC(CNC2CCCC2CN)CC1. The van der Waals surface area contributed by atoms with E-state index in [0.717, 1.165) is 24.4 Å². The van der Waals surface area contributed by atoms with Crippen LogP contribution in [0.1, 0.15) is 58.8 Å². The number of nitrogens with one attached hydrogen (secondary N) is 1. The summed E-state index contributed by atoms with van der Waals surface area (Å²) in [6, 6.07) is 0.718. The molecule has 0 amide bonds. The topological polar surface area (TPSA) is 38.0 Å². The summed E-state index contributed by atoms with van der Waals surface area (Å²) >= 11 is 0. The number of rotatable bonds is 4. The van der Waals surface area contributed by atoms with Crippen molar-refractivity contribution in [1.29, 1.82) is 0 Å². The van der Waals surface area contributed by atoms with E-state index in [9.17, 15) is 0 Å². The molecule has 2 fully saturated rings. The third-order valence-electron chi connectivity index (χ3n) is 5.09. The summed E-state index contributed by atoms with van der Waals surface area (Å²) < 4.78 is 0. The smallest absolute Gasteiger partial charge is 0.0107 e. The number of nitrogens with two attached hydrogens (primary N) is 1. The van der Waals surface area contributed by atoms with Crippen LogP contribution in [0.2, 0.25) is 0 Å². The zero-order valence-electron chi connectivity index (χ0n) is 11.7. The molecule has 17 heavy (non-hydrogen) atoms. The first kappa shape index (κ1) is 13.4. The van der Waals surface area contributed by atoms with Gasteiger partial charge in [0.15, 0.2) is 0 Å². The Morgan fingerprint density at radius 1 is 1.12 bits per heavy atom. The molecule has 0 spiro atoms. The quantitative estimate of drug-likeness (QED) is 0.790. The second kappa shape index (κ2) is 5.71. The van der Waals surface area contributed by atoms with Gasteiger partial charge in [-0.25, -0.2) is 0 Å². The maximum Gasteiger partial charge on any atom is 0.0107 e. The van der Waals surface area contributed by atoms with Crippen molar-refractivity contribution < 1.29 is 0 Å². The van der Waals surface area contributed by atoms with Gasteiger partial charge in [0, 0.05) is 6.04 Å². The van der Waals surface area contributed by atoms with Crippen molar-refractivity contribution in [2.24, 2.45) is 23.0 Å². The monoisotopic (exact) mass is 238 g/mol. The maximum atomic E-state index is 5.83. The Morgan fingerprint density at radius 2 is 1.82 bits per heavy atom. The molecule has 2 saturated carbocycles. The van der Waals surface area contributed by atoms with Crippen molar-refractivity contribution in [3.63, 3.8) is 0 Å². The third kappa shape index (κ3) is 3.69. The van der Waals surface area contributed by atoms with E-state index in [0.29, 0.717) is 5.41 Å². The summed E-state index contributed by atoms with van der Waals surface area (Å²) in [5.74, 6) is 1.66. The molecule has 2 atom stereocenters. The Labute approximate surface area is 107 Å². The Hall–Kier alpha value is -0.0800. The van der Waals surface area contributed by atoms with Crippen molar-refractivity contribution in [2.75, 3.05) is 13.1 Å². The molecule has 2 nitrogen and oxygen atoms in total. The summed E-state index contributed by atoms with van der Waals surface area (Å²) in [5.41, 5.74) is 6.43. The molecule has 0 saturated heterocycles. The van der Waals surface area contributed by atoms with Crippen LogP contribution in [-0.2, 0) is 0 Å². The second-order valence-electron chi connectivity index (χ2n) is 7.05. The summed E-state index contributed by atoms with van der Waals surface area (Å²) in [4.78, 5) is 0. The first-order chi connectivity index (χ1) is 8.11. The molecule has 100 valence electrons. The summed E-state index contributed by atoms with van der Waals surface area (Å²) in [6.45, 7) is 6.93. The molecule has 3 N–H and O–H groups in total. The van der Waals surface area contributed by atoms with Gasteiger partial charge in [-0.15, -0.1) is 0 Å². The maximum absolute atomic E-state index is 5.83. The van der Waals surface area contributed by atoms with Crippen molar-refractivity contribution in [3.05, 3.63) is 0 Å². The molecule has 2 unspecified atom stereocenters. The van der Waals surface area contributed by atoms with E-state index in [2.05, 4.69) is 19.2 Å². The van der Waals surface area contributed by atoms with Gasteiger partial charge in [-0.2, -0.15) is 0 Å². The van der Waals surface area contributed by atoms with E-state index < -0.39 is 0 Å². The van der Waals surface area contributed by atoms with E-state index in [1.807, 2.05) is 0 Å². The molecule has 2 aliphatic carbocycles. The van der Waals surface area contributed by atoms with Crippen LogP contribution in [0.3, 0.4) is 0 Å². The fourth-order valence-electron chi connectivity index (χ4n) is 3.57. The van der Waals surface area contributed by atoms with Crippen LogP contribution in [0.15, 0.2) is 0 Å². The van der Waals surface area contributed by atoms with E-state index in [1.54, 1.807) is 0 Å². The first-order valence-corrected chi connectivity index (χ1v) is 7.54. The lowest BCUT2D eigenvalue weighted by atomic mass is 9.73. The average Bonchev–Trinajstić information content (AvgIpc) is 2.75. The highest BCUT2D eigenvalue weighted by Crippen LogP contribution is 2.37. The Morgan fingerprint density at radius 3 is 2.47 bits per heavy atom. The van der Waals surface area contributed by atoms with Gasteiger partial charge in [0.2, 0.25) is 0 Å². The molecule has 0 aromatic heterocycles. The molecular formula is C15H30N2. The highest BCUT2D eigenvalue weighted by molar-refractivity contribution is 4.86. The predicted octanol–water partition coefficient (Wildman–Crippen LogP) is 2.92. The molecule has 0 aliphatic heterocycles. The van der Waals surface area contributed by atoms with E-state index in [4.69, 9.17) is 5.73 Å². The van der Waals surface area contributed by atoms with Crippen LogP contribution in [-0.4, -0.2) is 19.1 Å².